The highest BCUT2D eigenvalue weighted by Gasteiger charge is 2.49. The molecule has 1 heterocycles. The number of ether oxygens (including phenoxy) is 1. The van der Waals surface area contributed by atoms with E-state index in [1.54, 1.807) is 0 Å². The van der Waals surface area contributed by atoms with Gasteiger partial charge >= 0.3 is 5.97 Å². The minimum absolute atomic E-state index is 0.165. The monoisotopic (exact) mass is 214 g/mol. The topological polar surface area (TPSA) is 75.8 Å². The summed E-state index contributed by atoms with van der Waals surface area (Å²) in [7, 11) is 0. The molecule has 2 fully saturated rings. The Hall–Kier alpha value is -0.650. The van der Waals surface area contributed by atoms with Crippen LogP contribution >= 0.6 is 0 Å². The molecular weight excluding hydrogens is 196 g/mol. The van der Waals surface area contributed by atoms with Crippen molar-refractivity contribution >= 4 is 5.97 Å². The fourth-order valence-corrected chi connectivity index (χ4v) is 2.10. The van der Waals surface area contributed by atoms with E-state index in [0.29, 0.717) is 19.8 Å². The second-order valence-electron chi connectivity index (χ2n) is 4.51. The van der Waals surface area contributed by atoms with Crippen LogP contribution in [0.3, 0.4) is 0 Å². The lowest BCUT2D eigenvalue weighted by Gasteiger charge is -2.34. The molecule has 0 amide bonds. The van der Waals surface area contributed by atoms with Gasteiger partial charge in [-0.25, -0.2) is 0 Å². The van der Waals surface area contributed by atoms with Crippen molar-refractivity contribution in [2.24, 2.45) is 11.7 Å². The summed E-state index contributed by atoms with van der Waals surface area (Å²) in [5.41, 5.74) is 4.95. The molecule has 1 saturated carbocycles. The van der Waals surface area contributed by atoms with Crippen molar-refractivity contribution in [3.05, 3.63) is 0 Å². The van der Waals surface area contributed by atoms with Crippen LogP contribution < -0.4 is 5.73 Å². The summed E-state index contributed by atoms with van der Waals surface area (Å²) in [6, 6.07) is 0. The van der Waals surface area contributed by atoms with E-state index in [1.807, 2.05) is 0 Å². The molecule has 1 unspecified atom stereocenters. The average Bonchev–Trinajstić information content (AvgIpc) is 3.02. The van der Waals surface area contributed by atoms with Gasteiger partial charge in [0, 0.05) is 19.6 Å². The number of carboxylic acid groups (broad SMARTS) is 1. The molecule has 86 valence electrons. The number of hydrogen-bond donors (Lipinski definition) is 2. The van der Waals surface area contributed by atoms with Crippen molar-refractivity contribution < 1.29 is 14.6 Å². The van der Waals surface area contributed by atoms with Gasteiger partial charge in [-0.15, -0.1) is 0 Å². The first kappa shape index (κ1) is 10.9. The summed E-state index contributed by atoms with van der Waals surface area (Å²) in [5, 5.41) is 9.19. The highest BCUT2D eigenvalue weighted by Crippen LogP contribution is 2.39. The second kappa shape index (κ2) is 4.08. The van der Waals surface area contributed by atoms with Crippen LogP contribution in [0.4, 0.5) is 0 Å². The fourth-order valence-electron chi connectivity index (χ4n) is 2.10. The zero-order chi connectivity index (χ0) is 10.9. The molecule has 1 atom stereocenters. The minimum atomic E-state index is -1.04. The molecule has 5 heteroatoms. The number of nitrogens with two attached hydrogens (primary N) is 1. The third-order valence-electron chi connectivity index (χ3n) is 3.29. The third-order valence-corrected chi connectivity index (χ3v) is 3.29. The van der Waals surface area contributed by atoms with Gasteiger partial charge in [-0.1, -0.05) is 0 Å². The molecule has 3 N–H and O–H groups in total. The first-order chi connectivity index (χ1) is 7.13. The Morgan fingerprint density at radius 1 is 1.47 bits per heavy atom. The van der Waals surface area contributed by atoms with Crippen LogP contribution in [0.25, 0.3) is 0 Å². The van der Waals surface area contributed by atoms with Crippen LogP contribution in [-0.4, -0.2) is 54.4 Å². The van der Waals surface area contributed by atoms with Crippen LogP contribution in [0.1, 0.15) is 12.8 Å². The van der Waals surface area contributed by atoms with Crippen LogP contribution in [0.15, 0.2) is 0 Å². The van der Waals surface area contributed by atoms with Gasteiger partial charge in [-0.3, -0.25) is 9.69 Å². The Kier molecular flexibility index (Phi) is 2.95. The lowest BCUT2D eigenvalue weighted by atomic mass is 9.94. The Labute approximate surface area is 89.2 Å². The van der Waals surface area contributed by atoms with E-state index < -0.39 is 11.5 Å². The molecule has 1 saturated heterocycles. The Morgan fingerprint density at radius 3 is 2.53 bits per heavy atom. The summed E-state index contributed by atoms with van der Waals surface area (Å²) in [6.45, 7) is 3.40. The summed E-state index contributed by atoms with van der Waals surface area (Å²) >= 11 is 0. The highest BCUT2D eigenvalue weighted by molar-refractivity contribution is 5.79. The maximum atomic E-state index is 11.2. The molecule has 1 aliphatic carbocycles. The van der Waals surface area contributed by atoms with Gasteiger partial charge in [0.1, 0.15) is 5.54 Å². The van der Waals surface area contributed by atoms with Crippen molar-refractivity contribution in [2.75, 3.05) is 32.8 Å². The van der Waals surface area contributed by atoms with E-state index in [1.165, 1.54) is 0 Å². The highest BCUT2D eigenvalue weighted by atomic mass is 16.5. The van der Waals surface area contributed by atoms with Gasteiger partial charge in [0.2, 0.25) is 0 Å². The van der Waals surface area contributed by atoms with Gasteiger partial charge in [0.05, 0.1) is 13.2 Å². The standard InChI is InChI=1S/C10H18N2O3/c11-10(9(13)14,8-1-2-8)7-12-3-5-15-6-4-12/h8H,1-7,11H2,(H,13,14). The minimum Gasteiger partial charge on any atom is -0.480 e. The second-order valence-corrected chi connectivity index (χ2v) is 4.51. The van der Waals surface area contributed by atoms with Crippen molar-refractivity contribution in [1.82, 2.24) is 4.90 Å². The zero-order valence-corrected chi connectivity index (χ0v) is 8.82. The molecule has 0 spiro atoms. The maximum absolute atomic E-state index is 11.2. The van der Waals surface area contributed by atoms with Gasteiger partial charge in [-0.2, -0.15) is 0 Å². The molecule has 0 aromatic carbocycles. The Balaban J connectivity index is 1.96. The van der Waals surface area contributed by atoms with Crippen molar-refractivity contribution in [2.45, 2.75) is 18.4 Å². The number of carboxylic acids is 1. The van der Waals surface area contributed by atoms with Gasteiger partial charge in [0.25, 0.3) is 0 Å². The van der Waals surface area contributed by atoms with E-state index >= 15 is 0 Å². The quantitative estimate of drug-likeness (QED) is 0.660. The van der Waals surface area contributed by atoms with Gasteiger partial charge in [0.15, 0.2) is 0 Å². The molecule has 15 heavy (non-hydrogen) atoms. The van der Waals surface area contributed by atoms with E-state index in [2.05, 4.69) is 4.90 Å². The number of hydrogen-bond acceptors (Lipinski definition) is 4. The van der Waals surface area contributed by atoms with Crippen LogP contribution in [0, 0.1) is 5.92 Å². The first-order valence-corrected chi connectivity index (χ1v) is 5.45. The first-order valence-electron chi connectivity index (χ1n) is 5.45. The van der Waals surface area contributed by atoms with Crippen LogP contribution in [0.5, 0.6) is 0 Å². The van der Waals surface area contributed by atoms with E-state index in [4.69, 9.17) is 10.5 Å². The molecule has 0 aromatic heterocycles. The summed E-state index contributed by atoms with van der Waals surface area (Å²) in [4.78, 5) is 13.3. The van der Waals surface area contributed by atoms with E-state index in [0.717, 1.165) is 25.9 Å². The molecule has 2 aliphatic rings. The summed E-state index contributed by atoms with van der Waals surface area (Å²) < 4.78 is 5.22. The summed E-state index contributed by atoms with van der Waals surface area (Å²) in [5.74, 6) is -0.700. The Morgan fingerprint density at radius 2 is 2.07 bits per heavy atom. The number of carbonyl (C=O) groups is 1. The predicted octanol–water partition coefficient (Wildman–Crippen LogP) is -0.489. The number of nitrogens with zero attached hydrogens (tertiary/aromatic N) is 1. The van der Waals surface area contributed by atoms with Crippen molar-refractivity contribution in [1.29, 1.82) is 0 Å². The number of morpholine rings is 1. The van der Waals surface area contributed by atoms with E-state index in [-0.39, 0.29) is 5.92 Å². The maximum Gasteiger partial charge on any atom is 0.325 e. The lowest BCUT2D eigenvalue weighted by molar-refractivity contribution is -0.145. The van der Waals surface area contributed by atoms with Crippen LogP contribution in [0.2, 0.25) is 0 Å². The molecule has 0 bridgehead atoms. The van der Waals surface area contributed by atoms with Crippen molar-refractivity contribution in [3.63, 3.8) is 0 Å². The predicted molar refractivity (Wildman–Crippen MR) is 54.5 cm³/mol. The molecule has 2 rings (SSSR count). The smallest absolute Gasteiger partial charge is 0.325 e. The third kappa shape index (κ3) is 2.30. The molecule has 5 nitrogen and oxygen atoms in total. The molecule has 0 radical (unpaired) electrons. The molecular formula is C10H18N2O3. The fraction of sp³-hybridized carbons (Fsp3) is 0.900. The molecule has 1 aliphatic heterocycles. The number of rotatable bonds is 4. The Bertz CT molecular complexity index is 249. The van der Waals surface area contributed by atoms with E-state index in [9.17, 15) is 9.90 Å². The summed E-state index contributed by atoms with van der Waals surface area (Å²) in [6.07, 6.45) is 1.90. The molecule has 0 aromatic rings. The SMILES string of the molecule is NC(CN1CCOCC1)(C(=O)O)C1CC1. The van der Waals surface area contributed by atoms with Crippen molar-refractivity contribution in [3.8, 4) is 0 Å². The number of aliphatic carboxylic acids is 1. The lowest BCUT2D eigenvalue weighted by Crippen LogP contribution is -2.59. The van der Waals surface area contributed by atoms with Crippen LogP contribution in [-0.2, 0) is 9.53 Å². The normalized spacial score (nSPS) is 27.3. The zero-order valence-electron chi connectivity index (χ0n) is 8.82. The van der Waals surface area contributed by atoms with Gasteiger partial charge < -0.3 is 15.6 Å². The largest absolute Gasteiger partial charge is 0.480 e. The average molecular weight is 214 g/mol. The van der Waals surface area contributed by atoms with Gasteiger partial charge in [-0.05, 0) is 18.8 Å².